The molecular weight excluding hydrogens is 268 g/mol. The average molecular weight is 290 g/mol. The van der Waals surface area contributed by atoms with E-state index in [-0.39, 0.29) is 6.61 Å². The fourth-order valence-electron chi connectivity index (χ4n) is 1.98. The van der Waals surface area contributed by atoms with E-state index in [1.165, 1.54) is 16.7 Å². The molecule has 2 N–H and O–H groups in total. The summed E-state index contributed by atoms with van der Waals surface area (Å²) in [6, 6.07) is 6.49. The molecule has 0 spiro atoms. The summed E-state index contributed by atoms with van der Waals surface area (Å²) in [6.45, 7) is 6.30. The van der Waals surface area contributed by atoms with Crippen LogP contribution in [0.2, 0.25) is 0 Å². The van der Waals surface area contributed by atoms with Crippen LogP contribution in [0.15, 0.2) is 23.6 Å². The Balaban J connectivity index is 1.93. The van der Waals surface area contributed by atoms with Crippen LogP contribution < -0.4 is 5.32 Å². The molecule has 1 aromatic carbocycles. The van der Waals surface area contributed by atoms with Crippen molar-refractivity contribution >= 4 is 11.3 Å². The van der Waals surface area contributed by atoms with E-state index in [1.54, 1.807) is 11.3 Å². The van der Waals surface area contributed by atoms with Gasteiger partial charge in [-0.05, 0) is 44.0 Å². The minimum absolute atomic E-state index is 0.251. The topological polar surface area (TPSA) is 45.1 Å². The third-order valence-electron chi connectivity index (χ3n) is 3.38. The summed E-state index contributed by atoms with van der Waals surface area (Å²) in [5, 5.41) is 15.3. The molecule has 0 aliphatic rings. The lowest BCUT2D eigenvalue weighted by Gasteiger charge is -2.03. The maximum atomic E-state index is 8.70. The molecule has 108 valence electrons. The van der Waals surface area contributed by atoms with Gasteiger partial charge in [-0.15, -0.1) is 11.3 Å². The number of nitrogens with zero attached hydrogens (tertiary/aromatic N) is 1. The maximum absolute atomic E-state index is 8.70. The Labute approximate surface area is 124 Å². The van der Waals surface area contributed by atoms with Crippen molar-refractivity contribution < 1.29 is 5.11 Å². The number of aryl methyl sites for hydroxylation is 2. The number of rotatable bonds is 7. The second-order valence-electron chi connectivity index (χ2n) is 5.00. The van der Waals surface area contributed by atoms with Gasteiger partial charge in [0.05, 0.1) is 10.7 Å². The molecule has 2 aromatic rings. The van der Waals surface area contributed by atoms with Gasteiger partial charge in [0.1, 0.15) is 0 Å². The standard InChI is InChI=1S/C16H22N2OS/c1-12-4-5-14(10-13(12)2)15-11-20-16(18-15)6-8-17-7-3-9-19/h4-5,10-11,17,19H,3,6-9H2,1-2H3. The zero-order valence-corrected chi connectivity index (χ0v) is 13.0. The first kappa shape index (κ1) is 15.2. The predicted octanol–water partition coefficient (Wildman–Crippen LogP) is 2.94. The van der Waals surface area contributed by atoms with Crippen molar-refractivity contribution in [3.63, 3.8) is 0 Å². The van der Waals surface area contributed by atoms with Crippen molar-refractivity contribution in [2.24, 2.45) is 0 Å². The number of aliphatic hydroxyl groups is 1. The molecule has 0 bridgehead atoms. The number of aromatic nitrogens is 1. The highest BCUT2D eigenvalue weighted by molar-refractivity contribution is 7.09. The summed E-state index contributed by atoms with van der Waals surface area (Å²) in [7, 11) is 0. The van der Waals surface area contributed by atoms with Gasteiger partial charge in [0.2, 0.25) is 0 Å². The first-order valence-corrected chi connectivity index (χ1v) is 7.92. The summed E-state index contributed by atoms with van der Waals surface area (Å²) in [4.78, 5) is 4.70. The molecule has 0 fully saturated rings. The van der Waals surface area contributed by atoms with E-state index in [0.717, 1.165) is 36.6 Å². The van der Waals surface area contributed by atoms with Gasteiger partial charge >= 0.3 is 0 Å². The Kier molecular flexibility index (Phi) is 5.71. The van der Waals surface area contributed by atoms with Gasteiger partial charge in [-0.25, -0.2) is 4.98 Å². The molecular formula is C16H22N2OS. The van der Waals surface area contributed by atoms with E-state index in [4.69, 9.17) is 10.1 Å². The summed E-state index contributed by atoms with van der Waals surface area (Å²) in [5.41, 5.74) is 4.90. The van der Waals surface area contributed by atoms with Crippen LogP contribution >= 0.6 is 11.3 Å². The van der Waals surface area contributed by atoms with E-state index >= 15 is 0 Å². The van der Waals surface area contributed by atoms with Crippen LogP contribution in [-0.2, 0) is 6.42 Å². The summed E-state index contributed by atoms with van der Waals surface area (Å²) in [6.07, 6.45) is 1.76. The number of thiazole rings is 1. The lowest BCUT2D eigenvalue weighted by atomic mass is 10.1. The number of hydrogen-bond donors (Lipinski definition) is 2. The van der Waals surface area contributed by atoms with Gasteiger partial charge in [-0.3, -0.25) is 0 Å². The zero-order chi connectivity index (χ0) is 14.4. The first-order valence-electron chi connectivity index (χ1n) is 7.04. The molecule has 0 saturated heterocycles. The van der Waals surface area contributed by atoms with Crippen molar-refractivity contribution in [2.75, 3.05) is 19.7 Å². The van der Waals surface area contributed by atoms with Crippen molar-refractivity contribution in [1.82, 2.24) is 10.3 Å². The second-order valence-corrected chi connectivity index (χ2v) is 5.95. The molecule has 1 aromatic heterocycles. The Morgan fingerprint density at radius 2 is 2.05 bits per heavy atom. The van der Waals surface area contributed by atoms with E-state index in [0.29, 0.717) is 0 Å². The Morgan fingerprint density at radius 1 is 1.20 bits per heavy atom. The van der Waals surface area contributed by atoms with Crippen LogP contribution in [0.25, 0.3) is 11.3 Å². The molecule has 0 radical (unpaired) electrons. The highest BCUT2D eigenvalue weighted by atomic mass is 32.1. The monoisotopic (exact) mass is 290 g/mol. The lowest BCUT2D eigenvalue weighted by molar-refractivity contribution is 0.286. The molecule has 0 aliphatic heterocycles. The second kappa shape index (κ2) is 7.53. The van der Waals surface area contributed by atoms with Crippen molar-refractivity contribution in [3.8, 4) is 11.3 Å². The Bertz CT molecular complexity index is 551. The highest BCUT2D eigenvalue weighted by Crippen LogP contribution is 2.24. The number of hydrogen-bond acceptors (Lipinski definition) is 4. The predicted molar refractivity (Wildman–Crippen MR) is 85.3 cm³/mol. The smallest absolute Gasteiger partial charge is 0.0945 e. The summed E-state index contributed by atoms with van der Waals surface area (Å²) >= 11 is 1.72. The number of nitrogens with one attached hydrogen (secondary N) is 1. The lowest BCUT2D eigenvalue weighted by Crippen LogP contribution is -2.19. The van der Waals surface area contributed by atoms with Gasteiger partial charge < -0.3 is 10.4 Å². The molecule has 0 atom stereocenters. The molecule has 0 saturated carbocycles. The number of aliphatic hydroxyl groups excluding tert-OH is 1. The minimum atomic E-state index is 0.251. The molecule has 20 heavy (non-hydrogen) atoms. The van der Waals surface area contributed by atoms with E-state index in [9.17, 15) is 0 Å². The third kappa shape index (κ3) is 4.13. The van der Waals surface area contributed by atoms with E-state index in [2.05, 4.69) is 42.7 Å². The molecule has 1 heterocycles. The van der Waals surface area contributed by atoms with E-state index < -0.39 is 0 Å². The van der Waals surface area contributed by atoms with Gasteiger partial charge in [0.15, 0.2) is 0 Å². The quantitative estimate of drug-likeness (QED) is 0.771. The molecule has 3 nitrogen and oxygen atoms in total. The number of benzene rings is 1. The molecule has 0 aliphatic carbocycles. The van der Waals surface area contributed by atoms with Gasteiger partial charge in [0.25, 0.3) is 0 Å². The van der Waals surface area contributed by atoms with Gasteiger partial charge in [-0.2, -0.15) is 0 Å². The first-order chi connectivity index (χ1) is 9.70. The van der Waals surface area contributed by atoms with Crippen LogP contribution in [0.3, 0.4) is 0 Å². The largest absolute Gasteiger partial charge is 0.396 e. The van der Waals surface area contributed by atoms with Crippen molar-refractivity contribution in [1.29, 1.82) is 0 Å². The van der Waals surface area contributed by atoms with Crippen LogP contribution in [0.5, 0.6) is 0 Å². The van der Waals surface area contributed by atoms with Crippen LogP contribution in [-0.4, -0.2) is 29.8 Å². The highest BCUT2D eigenvalue weighted by Gasteiger charge is 2.05. The maximum Gasteiger partial charge on any atom is 0.0945 e. The van der Waals surface area contributed by atoms with Gasteiger partial charge in [-0.1, -0.05) is 12.1 Å². The van der Waals surface area contributed by atoms with Crippen LogP contribution in [0.1, 0.15) is 22.6 Å². The van der Waals surface area contributed by atoms with E-state index in [1.807, 2.05) is 0 Å². The molecule has 0 unspecified atom stereocenters. The average Bonchev–Trinajstić information content (AvgIpc) is 2.90. The van der Waals surface area contributed by atoms with Crippen molar-refractivity contribution in [3.05, 3.63) is 39.7 Å². The third-order valence-corrected chi connectivity index (χ3v) is 4.29. The normalized spacial score (nSPS) is 10.9. The summed E-state index contributed by atoms with van der Waals surface area (Å²) < 4.78 is 0. The SMILES string of the molecule is Cc1ccc(-c2csc(CCNCCCO)n2)cc1C. The molecule has 0 amide bonds. The van der Waals surface area contributed by atoms with Gasteiger partial charge in [0, 0.05) is 30.5 Å². The Hall–Kier alpha value is -1.23. The molecule has 2 rings (SSSR count). The molecule has 4 heteroatoms. The van der Waals surface area contributed by atoms with Crippen molar-refractivity contribution in [2.45, 2.75) is 26.7 Å². The Morgan fingerprint density at radius 3 is 2.80 bits per heavy atom. The zero-order valence-electron chi connectivity index (χ0n) is 12.1. The summed E-state index contributed by atoms with van der Waals surface area (Å²) in [5.74, 6) is 0. The van der Waals surface area contributed by atoms with Crippen LogP contribution in [0.4, 0.5) is 0 Å². The fraction of sp³-hybridized carbons (Fsp3) is 0.438. The van der Waals surface area contributed by atoms with Crippen LogP contribution in [0, 0.1) is 13.8 Å². The fourth-order valence-corrected chi connectivity index (χ4v) is 2.79. The minimum Gasteiger partial charge on any atom is -0.396 e.